The molecule has 0 unspecified atom stereocenters. The molecule has 0 bridgehead atoms. The van der Waals surface area contributed by atoms with E-state index in [9.17, 15) is 10.1 Å². The van der Waals surface area contributed by atoms with Crippen molar-refractivity contribution in [1.82, 2.24) is 4.98 Å². The molecule has 0 saturated heterocycles. The molecule has 24 heavy (non-hydrogen) atoms. The molecule has 124 valence electrons. The van der Waals surface area contributed by atoms with Crippen LogP contribution in [0.4, 0.5) is 11.5 Å². The summed E-state index contributed by atoms with van der Waals surface area (Å²) in [4.78, 5) is 13.9. The first-order chi connectivity index (χ1) is 11.6. The van der Waals surface area contributed by atoms with Crippen LogP contribution < -0.4 is 14.9 Å². The summed E-state index contributed by atoms with van der Waals surface area (Å²) >= 11 is 0. The molecule has 2 rings (SSSR count). The van der Waals surface area contributed by atoms with Crippen LogP contribution in [0.1, 0.15) is 5.56 Å². The van der Waals surface area contributed by atoms with Crippen molar-refractivity contribution < 1.29 is 14.4 Å². The van der Waals surface area contributed by atoms with Gasteiger partial charge in [-0.3, -0.25) is 15.5 Å². The van der Waals surface area contributed by atoms with Crippen LogP contribution in [0, 0.1) is 10.1 Å². The number of nitro groups is 1. The van der Waals surface area contributed by atoms with Gasteiger partial charge in [-0.1, -0.05) is 12.7 Å². The van der Waals surface area contributed by atoms with Crippen molar-refractivity contribution in [2.45, 2.75) is 0 Å². The molecule has 1 aromatic carbocycles. The second-order valence-electron chi connectivity index (χ2n) is 4.54. The Morgan fingerprint density at radius 3 is 2.83 bits per heavy atom. The number of rotatable bonds is 8. The third-order valence-corrected chi connectivity index (χ3v) is 2.90. The van der Waals surface area contributed by atoms with E-state index in [-0.39, 0.29) is 5.69 Å². The summed E-state index contributed by atoms with van der Waals surface area (Å²) in [5.74, 6) is 1.59. The Balaban J connectivity index is 2.03. The van der Waals surface area contributed by atoms with Gasteiger partial charge >= 0.3 is 0 Å². The smallest absolute Gasteiger partial charge is 0.287 e. The maximum Gasteiger partial charge on any atom is 0.287 e. The molecular formula is C16H16N4O4. The van der Waals surface area contributed by atoms with Crippen LogP contribution in [0.2, 0.25) is 0 Å². The topological polar surface area (TPSA) is 98.9 Å². The number of ether oxygens (including phenoxy) is 2. The lowest BCUT2D eigenvalue weighted by Crippen LogP contribution is -1.98. The molecule has 0 aliphatic rings. The van der Waals surface area contributed by atoms with Gasteiger partial charge in [-0.25, -0.2) is 4.98 Å². The zero-order chi connectivity index (χ0) is 17.4. The van der Waals surface area contributed by atoms with Gasteiger partial charge in [0.25, 0.3) is 5.69 Å². The van der Waals surface area contributed by atoms with Gasteiger partial charge in [-0.05, 0) is 29.8 Å². The molecule has 8 nitrogen and oxygen atoms in total. The maximum absolute atomic E-state index is 10.6. The number of nitrogens with one attached hydrogen (secondary N) is 1. The number of aromatic nitrogens is 1. The number of nitrogens with zero attached hydrogens (tertiary/aromatic N) is 3. The van der Waals surface area contributed by atoms with Gasteiger partial charge in [-0.2, -0.15) is 5.10 Å². The second kappa shape index (κ2) is 8.28. The SMILES string of the molecule is C=CCOc1ccc(/C=N/Nc2ccc([N+](=O)[O-])cn2)cc1OC. The van der Waals surface area contributed by atoms with Crippen LogP contribution in [0.5, 0.6) is 11.5 Å². The largest absolute Gasteiger partial charge is 0.493 e. The molecule has 0 atom stereocenters. The second-order valence-corrected chi connectivity index (χ2v) is 4.54. The third kappa shape index (κ3) is 4.54. The molecule has 0 aliphatic carbocycles. The number of hydrogen-bond donors (Lipinski definition) is 1. The lowest BCUT2D eigenvalue weighted by molar-refractivity contribution is -0.385. The summed E-state index contributed by atoms with van der Waals surface area (Å²) in [7, 11) is 1.55. The van der Waals surface area contributed by atoms with Gasteiger partial charge in [0.1, 0.15) is 18.6 Å². The normalized spacial score (nSPS) is 10.4. The summed E-state index contributed by atoms with van der Waals surface area (Å²) in [5, 5.41) is 14.6. The third-order valence-electron chi connectivity index (χ3n) is 2.90. The summed E-state index contributed by atoms with van der Waals surface area (Å²) < 4.78 is 10.7. The monoisotopic (exact) mass is 328 g/mol. The Morgan fingerprint density at radius 1 is 1.38 bits per heavy atom. The van der Waals surface area contributed by atoms with E-state index in [0.29, 0.717) is 23.9 Å². The number of methoxy groups -OCH3 is 1. The molecule has 8 heteroatoms. The molecule has 0 amide bonds. The summed E-state index contributed by atoms with van der Waals surface area (Å²) in [6.45, 7) is 3.98. The highest BCUT2D eigenvalue weighted by Gasteiger charge is 2.05. The molecule has 1 aromatic heterocycles. The molecule has 0 aliphatic heterocycles. The van der Waals surface area contributed by atoms with Crippen LogP contribution in [-0.2, 0) is 0 Å². The van der Waals surface area contributed by atoms with Crippen molar-refractivity contribution in [1.29, 1.82) is 0 Å². The number of benzene rings is 1. The predicted octanol–water partition coefficient (Wildman–Crippen LogP) is 3.01. The van der Waals surface area contributed by atoms with Crippen LogP contribution in [0.15, 0.2) is 54.3 Å². The van der Waals surface area contributed by atoms with E-state index in [1.165, 1.54) is 12.1 Å². The van der Waals surface area contributed by atoms with Crippen molar-refractivity contribution in [3.05, 3.63) is 64.9 Å². The molecule has 2 aromatic rings. The molecule has 1 N–H and O–H groups in total. The Morgan fingerprint density at radius 2 is 2.21 bits per heavy atom. The first kappa shape index (κ1) is 16.9. The standard InChI is InChI=1S/C16H16N4O4/c1-3-8-24-14-6-4-12(9-15(14)23-2)10-18-19-16-7-5-13(11-17-16)20(21)22/h3-7,9-11H,1,8H2,2H3,(H,17,19)/b18-10+. The van der Waals surface area contributed by atoms with Crippen LogP contribution in [0.25, 0.3) is 0 Å². The van der Waals surface area contributed by atoms with Gasteiger partial charge in [0.15, 0.2) is 11.5 Å². The maximum atomic E-state index is 10.6. The lowest BCUT2D eigenvalue weighted by atomic mass is 10.2. The highest BCUT2D eigenvalue weighted by Crippen LogP contribution is 2.27. The van der Waals surface area contributed by atoms with Crippen LogP contribution in [0.3, 0.4) is 0 Å². The molecule has 0 radical (unpaired) electrons. The van der Waals surface area contributed by atoms with E-state index < -0.39 is 4.92 Å². The van der Waals surface area contributed by atoms with Crippen molar-refractivity contribution in [2.75, 3.05) is 19.1 Å². The Labute approximate surface area is 138 Å². The zero-order valence-electron chi connectivity index (χ0n) is 13.0. The van der Waals surface area contributed by atoms with E-state index >= 15 is 0 Å². The van der Waals surface area contributed by atoms with Crippen molar-refractivity contribution in [3.63, 3.8) is 0 Å². The number of hydrogen-bond acceptors (Lipinski definition) is 7. The summed E-state index contributed by atoms with van der Waals surface area (Å²) in [5.41, 5.74) is 3.40. The highest BCUT2D eigenvalue weighted by atomic mass is 16.6. The number of hydrazone groups is 1. The number of anilines is 1. The molecule has 1 heterocycles. The average molecular weight is 328 g/mol. The van der Waals surface area contributed by atoms with E-state index in [2.05, 4.69) is 22.1 Å². The molecular weight excluding hydrogens is 312 g/mol. The van der Waals surface area contributed by atoms with Crippen LogP contribution >= 0.6 is 0 Å². The van der Waals surface area contributed by atoms with Gasteiger partial charge < -0.3 is 9.47 Å². The molecule has 0 spiro atoms. The van der Waals surface area contributed by atoms with E-state index in [4.69, 9.17) is 9.47 Å². The molecule has 0 fully saturated rings. The van der Waals surface area contributed by atoms with Crippen LogP contribution in [-0.4, -0.2) is 29.8 Å². The van der Waals surface area contributed by atoms with Gasteiger partial charge in [0, 0.05) is 6.07 Å². The van der Waals surface area contributed by atoms with Gasteiger partial charge in [-0.15, -0.1) is 0 Å². The average Bonchev–Trinajstić information content (AvgIpc) is 2.60. The fourth-order valence-electron chi connectivity index (χ4n) is 1.77. The van der Waals surface area contributed by atoms with Crippen molar-refractivity contribution in [3.8, 4) is 11.5 Å². The Bertz CT molecular complexity index is 744. The first-order valence-corrected chi connectivity index (χ1v) is 6.95. The van der Waals surface area contributed by atoms with E-state index in [0.717, 1.165) is 11.8 Å². The highest BCUT2D eigenvalue weighted by molar-refractivity contribution is 5.81. The van der Waals surface area contributed by atoms with E-state index in [1.54, 1.807) is 31.5 Å². The predicted molar refractivity (Wildman–Crippen MR) is 90.8 cm³/mol. The zero-order valence-corrected chi connectivity index (χ0v) is 13.0. The lowest BCUT2D eigenvalue weighted by Gasteiger charge is -2.09. The Kier molecular flexibility index (Phi) is 5.84. The fourth-order valence-corrected chi connectivity index (χ4v) is 1.77. The first-order valence-electron chi connectivity index (χ1n) is 6.95. The van der Waals surface area contributed by atoms with Crippen molar-refractivity contribution in [2.24, 2.45) is 5.10 Å². The van der Waals surface area contributed by atoms with Crippen molar-refractivity contribution >= 4 is 17.7 Å². The summed E-state index contributed by atoms with van der Waals surface area (Å²) in [6.07, 6.45) is 4.38. The minimum Gasteiger partial charge on any atom is -0.493 e. The Hall–Kier alpha value is -3.42. The van der Waals surface area contributed by atoms with E-state index in [1.807, 2.05) is 6.07 Å². The van der Waals surface area contributed by atoms with Gasteiger partial charge in [0.2, 0.25) is 0 Å². The van der Waals surface area contributed by atoms with Gasteiger partial charge in [0.05, 0.1) is 18.2 Å². The molecule has 0 saturated carbocycles. The number of pyridine rings is 1. The minimum atomic E-state index is -0.512. The minimum absolute atomic E-state index is 0.0793. The fraction of sp³-hybridized carbons (Fsp3) is 0.125. The quantitative estimate of drug-likeness (QED) is 0.346. The summed E-state index contributed by atoms with van der Waals surface area (Å²) in [6, 6.07) is 8.18.